The summed E-state index contributed by atoms with van der Waals surface area (Å²) in [6.07, 6.45) is 7.82. The van der Waals surface area contributed by atoms with Crippen LogP contribution in [0.5, 0.6) is 11.5 Å². The van der Waals surface area contributed by atoms with Gasteiger partial charge in [0.05, 0.1) is 44.7 Å². The maximum atomic E-state index is 13.1. The van der Waals surface area contributed by atoms with Crippen molar-refractivity contribution in [2.24, 2.45) is 7.05 Å². The lowest BCUT2D eigenvalue weighted by molar-refractivity contribution is 0.0271. The molecule has 1 aromatic carbocycles. The van der Waals surface area contributed by atoms with Crippen LogP contribution in [0.4, 0.5) is 5.82 Å². The molecule has 9 nitrogen and oxygen atoms in total. The highest BCUT2D eigenvalue weighted by Gasteiger charge is 2.30. The van der Waals surface area contributed by atoms with Gasteiger partial charge in [0.25, 0.3) is 5.91 Å². The number of amides is 1. The highest BCUT2D eigenvalue weighted by Crippen LogP contribution is 2.27. The van der Waals surface area contributed by atoms with Gasteiger partial charge in [-0.25, -0.2) is 4.98 Å². The minimum Gasteiger partial charge on any atom is -0.497 e. The number of rotatable bonds is 8. The highest BCUT2D eigenvalue weighted by molar-refractivity contribution is 5.99. The molecule has 1 amide bonds. The number of carbonyl (C=O) groups is 1. The number of anilines is 1. The van der Waals surface area contributed by atoms with Gasteiger partial charge in [0.15, 0.2) is 0 Å². The van der Waals surface area contributed by atoms with E-state index in [0.717, 1.165) is 36.0 Å². The predicted octanol–water partition coefficient (Wildman–Crippen LogP) is 2.95. The van der Waals surface area contributed by atoms with E-state index in [-0.39, 0.29) is 23.9 Å². The molecule has 0 aliphatic heterocycles. The van der Waals surface area contributed by atoms with Gasteiger partial charge < -0.3 is 25.3 Å². The molecule has 0 saturated heterocycles. The normalized spacial score (nSPS) is 17.7. The molecule has 0 bridgehead atoms. The number of aryl methyl sites for hydroxylation is 1. The molecule has 1 aliphatic rings. The third-order valence-electron chi connectivity index (χ3n) is 5.85. The van der Waals surface area contributed by atoms with Gasteiger partial charge in [-0.1, -0.05) is 0 Å². The molecule has 1 saturated carbocycles. The largest absolute Gasteiger partial charge is 0.497 e. The molecule has 0 spiro atoms. The van der Waals surface area contributed by atoms with Crippen molar-refractivity contribution in [1.82, 2.24) is 20.1 Å². The van der Waals surface area contributed by atoms with E-state index in [1.165, 1.54) is 0 Å². The monoisotopic (exact) mass is 451 g/mol. The maximum absolute atomic E-state index is 13.1. The van der Waals surface area contributed by atoms with E-state index in [0.29, 0.717) is 23.7 Å². The smallest absolute Gasteiger partial charge is 0.255 e. The molecule has 1 aliphatic carbocycles. The first kappa shape index (κ1) is 22.6. The van der Waals surface area contributed by atoms with Crippen molar-refractivity contribution in [2.45, 2.75) is 38.0 Å². The van der Waals surface area contributed by atoms with Crippen LogP contribution in [0.1, 0.15) is 35.2 Å². The average molecular weight is 452 g/mol. The summed E-state index contributed by atoms with van der Waals surface area (Å²) in [6, 6.07) is 7.30. The molecule has 174 valence electrons. The van der Waals surface area contributed by atoms with E-state index in [2.05, 4.69) is 15.4 Å². The Morgan fingerprint density at radius 3 is 2.55 bits per heavy atom. The van der Waals surface area contributed by atoms with Crippen molar-refractivity contribution in [3.05, 3.63) is 54.0 Å². The first-order valence-corrected chi connectivity index (χ1v) is 10.9. The van der Waals surface area contributed by atoms with Crippen LogP contribution in [0.15, 0.2) is 42.9 Å². The summed E-state index contributed by atoms with van der Waals surface area (Å²) in [5.74, 6) is 1.36. The first-order valence-electron chi connectivity index (χ1n) is 10.9. The second-order valence-corrected chi connectivity index (χ2v) is 8.14. The van der Waals surface area contributed by atoms with Crippen molar-refractivity contribution in [1.29, 1.82) is 0 Å². The van der Waals surface area contributed by atoms with Crippen molar-refractivity contribution in [3.8, 4) is 22.6 Å². The Labute approximate surface area is 192 Å². The summed E-state index contributed by atoms with van der Waals surface area (Å²) >= 11 is 0. The number of nitrogens with two attached hydrogens (primary N) is 1. The van der Waals surface area contributed by atoms with Gasteiger partial charge in [0.1, 0.15) is 17.3 Å². The Morgan fingerprint density at radius 2 is 1.88 bits per heavy atom. The zero-order valence-electron chi connectivity index (χ0n) is 19.1. The molecular weight excluding hydrogens is 422 g/mol. The van der Waals surface area contributed by atoms with E-state index in [9.17, 15) is 4.79 Å². The third kappa shape index (κ3) is 5.25. The lowest BCUT2D eigenvalue weighted by atomic mass is 10.1. The number of hydrogen-bond donors (Lipinski definition) is 2. The summed E-state index contributed by atoms with van der Waals surface area (Å²) < 4.78 is 18.5. The first-order chi connectivity index (χ1) is 16.0. The average Bonchev–Trinajstić information content (AvgIpc) is 3.46. The van der Waals surface area contributed by atoms with Crippen molar-refractivity contribution in [2.75, 3.05) is 20.0 Å². The van der Waals surface area contributed by atoms with Crippen molar-refractivity contribution < 1.29 is 19.0 Å². The quantitative estimate of drug-likeness (QED) is 0.541. The Hall–Kier alpha value is -3.59. The zero-order valence-corrected chi connectivity index (χ0v) is 19.1. The number of nitrogen functional groups attached to an aromatic ring is 1. The molecule has 0 radical (unpaired) electrons. The predicted molar refractivity (Wildman–Crippen MR) is 124 cm³/mol. The van der Waals surface area contributed by atoms with E-state index in [4.69, 9.17) is 19.9 Å². The number of aromatic nitrogens is 3. The van der Waals surface area contributed by atoms with Crippen LogP contribution in [0.3, 0.4) is 0 Å². The van der Waals surface area contributed by atoms with E-state index in [1.807, 2.05) is 31.4 Å². The maximum Gasteiger partial charge on any atom is 0.255 e. The molecular formula is C24H29N5O4. The number of methoxy groups -OCH3 is 2. The highest BCUT2D eigenvalue weighted by atomic mass is 16.5. The molecule has 2 aromatic heterocycles. The molecule has 3 N–H and O–H groups in total. The summed E-state index contributed by atoms with van der Waals surface area (Å²) in [6.45, 7) is 0.394. The van der Waals surface area contributed by atoms with E-state index >= 15 is 0 Å². The third-order valence-corrected chi connectivity index (χ3v) is 5.85. The number of pyridine rings is 1. The van der Waals surface area contributed by atoms with Crippen LogP contribution in [-0.4, -0.2) is 47.0 Å². The van der Waals surface area contributed by atoms with Gasteiger partial charge in [-0.2, -0.15) is 5.10 Å². The minimum atomic E-state index is -0.255. The van der Waals surface area contributed by atoms with Gasteiger partial charge in [-0.3, -0.25) is 9.48 Å². The molecule has 4 rings (SSSR count). The van der Waals surface area contributed by atoms with Gasteiger partial charge in [0.2, 0.25) is 0 Å². The Morgan fingerprint density at radius 1 is 1.12 bits per heavy atom. The lowest BCUT2D eigenvalue weighted by Gasteiger charge is -2.22. The zero-order chi connectivity index (χ0) is 23.4. The van der Waals surface area contributed by atoms with Gasteiger partial charge >= 0.3 is 0 Å². The summed E-state index contributed by atoms with van der Waals surface area (Å²) in [7, 11) is 5.07. The SMILES string of the molecule is COc1cc(CO[C@H]2CCC[C@@H]2NC(=O)c2cc(-c3cnn(C)c3)cnc2N)cc(OC)c1. The molecule has 3 aromatic rings. The van der Waals surface area contributed by atoms with Crippen LogP contribution < -0.4 is 20.5 Å². The fourth-order valence-electron chi connectivity index (χ4n) is 4.08. The molecule has 2 atom stereocenters. The Balaban J connectivity index is 1.43. The number of hydrogen-bond acceptors (Lipinski definition) is 7. The van der Waals surface area contributed by atoms with Crippen molar-refractivity contribution in [3.63, 3.8) is 0 Å². The molecule has 1 fully saturated rings. The number of benzene rings is 1. The van der Waals surface area contributed by atoms with Crippen LogP contribution in [0.2, 0.25) is 0 Å². The van der Waals surface area contributed by atoms with Crippen LogP contribution in [-0.2, 0) is 18.4 Å². The molecule has 33 heavy (non-hydrogen) atoms. The second-order valence-electron chi connectivity index (χ2n) is 8.14. The topological polar surface area (TPSA) is 114 Å². The fraction of sp³-hybridized carbons (Fsp3) is 0.375. The lowest BCUT2D eigenvalue weighted by Crippen LogP contribution is -2.41. The number of carbonyl (C=O) groups excluding carboxylic acids is 1. The fourth-order valence-corrected chi connectivity index (χ4v) is 4.08. The second kappa shape index (κ2) is 9.91. The molecule has 9 heteroatoms. The Bertz CT molecular complexity index is 1110. The van der Waals surface area contributed by atoms with Crippen molar-refractivity contribution >= 4 is 11.7 Å². The van der Waals surface area contributed by atoms with Crippen LogP contribution in [0, 0.1) is 0 Å². The summed E-state index contributed by atoms with van der Waals surface area (Å²) in [5, 5.41) is 7.27. The summed E-state index contributed by atoms with van der Waals surface area (Å²) in [4.78, 5) is 17.3. The standard InChI is InChI=1S/C24H29N5O4/c1-29-13-17(12-27-29)16-9-20(23(25)26-11-16)24(30)28-21-5-4-6-22(21)33-14-15-7-18(31-2)10-19(8-15)32-3/h7-13,21-22H,4-6,14H2,1-3H3,(H2,25,26)(H,28,30)/t21-,22-/m0/s1. The summed E-state index contributed by atoms with van der Waals surface area (Å²) in [5.41, 5.74) is 8.97. The van der Waals surface area contributed by atoms with E-state index < -0.39 is 0 Å². The Kier molecular flexibility index (Phi) is 6.79. The van der Waals surface area contributed by atoms with Crippen LogP contribution >= 0.6 is 0 Å². The number of ether oxygens (including phenoxy) is 3. The van der Waals surface area contributed by atoms with Gasteiger partial charge in [-0.05, 0) is 43.0 Å². The van der Waals surface area contributed by atoms with Crippen LogP contribution in [0.25, 0.3) is 11.1 Å². The van der Waals surface area contributed by atoms with Gasteiger partial charge in [0, 0.05) is 36.6 Å². The number of nitrogens with zero attached hydrogens (tertiary/aromatic N) is 3. The minimum absolute atomic E-state index is 0.0955. The van der Waals surface area contributed by atoms with E-state index in [1.54, 1.807) is 37.4 Å². The van der Waals surface area contributed by atoms with Gasteiger partial charge in [-0.15, -0.1) is 0 Å². The molecule has 2 heterocycles. The number of nitrogens with one attached hydrogen (secondary N) is 1. The molecule has 0 unspecified atom stereocenters.